The summed E-state index contributed by atoms with van der Waals surface area (Å²) in [4.78, 5) is 25.1. The number of halogens is 2. The number of amides is 2. The summed E-state index contributed by atoms with van der Waals surface area (Å²) in [6, 6.07) is 11.5. The maximum absolute atomic E-state index is 12.6. The number of hydrogen-bond acceptors (Lipinski definition) is 3. The zero-order valence-electron chi connectivity index (χ0n) is 16.2. The first-order valence-corrected chi connectivity index (χ1v) is 9.71. The molecule has 0 saturated heterocycles. The third-order valence-electron chi connectivity index (χ3n) is 4.66. The van der Waals surface area contributed by atoms with Crippen LogP contribution >= 0.6 is 23.2 Å². The third kappa shape index (κ3) is 4.60. The quantitative estimate of drug-likeness (QED) is 0.579. The summed E-state index contributed by atoms with van der Waals surface area (Å²) in [6.45, 7) is 5.35. The molecule has 8 heteroatoms. The summed E-state index contributed by atoms with van der Waals surface area (Å²) < 4.78 is 1.44. The van der Waals surface area contributed by atoms with E-state index in [4.69, 9.17) is 23.2 Å². The molecule has 2 N–H and O–H groups in total. The highest BCUT2D eigenvalue weighted by molar-refractivity contribution is 6.32. The number of aromatic nitrogens is 2. The maximum Gasteiger partial charge on any atom is 0.276 e. The molecule has 1 heterocycles. The molecule has 2 aromatic carbocycles. The number of anilines is 2. The second kappa shape index (κ2) is 8.68. The zero-order chi connectivity index (χ0) is 21.1. The molecule has 3 rings (SSSR count). The smallest absolute Gasteiger partial charge is 0.276 e. The van der Waals surface area contributed by atoms with Crippen molar-refractivity contribution >= 4 is 46.4 Å². The van der Waals surface area contributed by atoms with Crippen LogP contribution in [0.1, 0.15) is 34.6 Å². The highest BCUT2D eigenvalue weighted by atomic mass is 35.5. The molecular weight excluding hydrogens is 411 g/mol. The second-order valence-electron chi connectivity index (χ2n) is 6.63. The van der Waals surface area contributed by atoms with Crippen LogP contribution in [0, 0.1) is 13.8 Å². The minimum absolute atomic E-state index is 0.197. The maximum atomic E-state index is 12.6. The van der Waals surface area contributed by atoms with Crippen LogP contribution in [-0.4, -0.2) is 21.6 Å². The predicted molar refractivity (Wildman–Crippen MR) is 116 cm³/mol. The predicted octanol–water partition coefficient (Wildman–Crippen LogP) is 5.26. The van der Waals surface area contributed by atoms with Crippen molar-refractivity contribution in [2.45, 2.75) is 26.8 Å². The van der Waals surface area contributed by atoms with Gasteiger partial charge in [-0.3, -0.25) is 14.3 Å². The van der Waals surface area contributed by atoms with Gasteiger partial charge in [-0.15, -0.1) is 0 Å². The minimum atomic E-state index is -0.622. The number of hydrogen-bond donors (Lipinski definition) is 2. The monoisotopic (exact) mass is 430 g/mol. The summed E-state index contributed by atoms with van der Waals surface area (Å²) in [6.07, 6.45) is 1.59. The van der Waals surface area contributed by atoms with Crippen molar-refractivity contribution < 1.29 is 9.59 Å². The molecule has 150 valence electrons. The Bertz CT molecular complexity index is 1080. The van der Waals surface area contributed by atoms with Crippen LogP contribution in [0.3, 0.4) is 0 Å². The van der Waals surface area contributed by atoms with E-state index in [-0.39, 0.29) is 17.5 Å². The molecule has 1 unspecified atom stereocenters. The molecule has 0 radical (unpaired) electrons. The molecular formula is C21H20Cl2N4O2. The summed E-state index contributed by atoms with van der Waals surface area (Å²) in [5.41, 5.74) is 3.00. The van der Waals surface area contributed by atoms with E-state index in [0.29, 0.717) is 21.4 Å². The van der Waals surface area contributed by atoms with Gasteiger partial charge in [0, 0.05) is 27.6 Å². The van der Waals surface area contributed by atoms with Crippen molar-refractivity contribution in [1.82, 2.24) is 9.78 Å². The van der Waals surface area contributed by atoms with Crippen LogP contribution in [0.15, 0.2) is 48.7 Å². The van der Waals surface area contributed by atoms with Crippen LogP contribution in [0.5, 0.6) is 0 Å². The average molecular weight is 431 g/mol. The Balaban J connectivity index is 1.71. The highest BCUT2D eigenvalue weighted by Crippen LogP contribution is 2.25. The molecule has 0 aliphatic rings. The van der Waals surface area contributed by atoms with E-state index in [9.17, 15) is 9.59 Å². The molecule has 0 bridgehead atoms. The summed E-state index contributed by atoms with van der Waals surface area (Å²) >= 11 is 12.2. The molecule has 0 spiro atoms. The zero-order valence-corrected chi connectivity index (χ0v) is 17.7. The van der Waals surface area contributed by atoms with E-state index >= 15 is 0 Å². The molecule has 0 aliphatic heterocycles. The van der Waals surface area contributed by atoms with Gasteiger partial charge >= 0.3 is 0 Å². The number of carbonyl (C=O) groups is 2. The van der Waals surface area contributed by atoms with Crippen LogP contribution in [-0.2, 0) is 4.79 Å². The third-order valence-corrected chi connectivity index (χ3v) is 5.48. The SMILES string of the molecule is Cc1c(Cl)cccc1NC(=O)c1ccn(C(C)C(=O)Nc2cccc(Cl)c2C)n1. The normalized spacial score (nSPS) is 11.8. The van der Waals surface area contributed by atoms with E-state index < -0.39 is 6.04 Å². The van der Waals surface area contributed by atoms with Crippen molar-refractivity contribution in [3.05, 3.63) is 75.5 Å². The van der Waals surface area contributed by atoms with Gasteiger partial charge < -0.3 is 10.6 Å². The molecule has 1 atom stereocenters. The van der Waals surface area contributed by atoms with Gasteiger partial charge in [-0.05, 0) is 62.2 Å². The number of carbonyl (C=O) groups excluding carboxylic acids is 2. The second-order valence-corrected chi connectivity index (χ2v) is 7.44. The molecule has 29 heavy (non-hydrogen) atoms. The molecule has 0 fully saturated rings. The topological polar surface area (TPSA) is 76.0 Å². The largest absolute Gasteiger partial charge is 0.324 e. The Labute approximate surface area is 178 Å². The van der Waals surface area contributed by atoms with E-state index in [1.54, 1.807) is 55.6 Å². The van der Waals surface area contributed by atoms with Crippen molar-refractivity contribution in [3.8, 4) is 0 Å². The number of benzene rings is 2. The van der Waals surface area contributed by atoms with Gasteiger partial charge in [0.1, 0.15) is 6.04 Å². The number of rotatable bonds is 5. The standard InChI is InChI=1S/C21H20Cl2N4O2/c1-12-15(22)6-4-8-17(12)24-20(28)14(3)27-11-10-19(26-27)21(29)25-18-9-5-7-16(23)13(18)2/h4-11,14H,1-3H3,(H,24,28)(H,25,29). The Kier molecular flexibility index (Phi) is 6.25. The summed E-state index contributed by atoms with van der Waals surface area (Å²) in [7, 11) is 0. The van der Waals surface area contributed by atoms with E-state index in [0.717, 1.165) is 11.1 Å². The minimum Gasteiger partial charge on any atom is -0.324 e. The van der Waals surface area contributed by atoms with Crippen LogP contribution in [0.25, 0.3) is 0 Å². The van der Waals surface area contributed by atoms with Gasteiger partial charge in [-0.25, -0.2) is 0 Å². The molecule has 2 amide bonds. The van der Waals surface area contributed by atoms with Crippen molar-refractivity contribution in [2.24, 2.45) is 0 Å². The van der Waals surface area contributed by atoms with E-state index in [1.165, 1.54) is 4.68 Å². The summed E-state index contributed by atoms with van der Waals surface area (Å²) in [5, 5.41) is 11.0. The van der Waals surface area contributed by atoms with Gasteiger partial charge in [0.2, 0.25) is 5.91 Å². The first-order chi connectivity index (χ1) is 13.8. The van der Waals surface area contributed by atoms with E-state index in [1.807, 2.05) is 13.8 Å². The van der Waals surface area contributed by atoms with Gasteiger partial charge in [-0.1, -0.05) is 35.3 Å². The molecule has 6 nitrogen and oxygen atoms in total. The highest BCUT2D eigenvalue weighted by Gasteiger charge is 2.19. The number of nitrogens with one attached hydrogen (secondary N) is 2. The lowest BCUT2D eigenvalue weighted by molar-refractivity contribution is -0.119. The Morgan fingerprint density at radius 1 is 0.931 bits per heavy atom. The van der Waals surface area contributed by atoms with Crippen LogP contribution in [0.4, 0.5) is 11.4 Å². The van der Waals surface area contributed by atoms with Crippen molar-refractivity contribution in [2.75, 3.05) is 10.6 Å². The Hall–Kier alpha value is -2.83. The number of nitrogens with zero attached hydrogens (tertiary/aromatic N) is 2. The fraction of sp³-hybridized carbons (Fsp3) is 0.190. The Morgan fingerprint density at radius 2 is 1.48 bits per heavy atom. The lowest BCUT2D eigenvalue weighted by atomic mass is 10.2. The Morgan fingerprint density at radius 3 is 2.07 bits per heavy atom. The first kappa shape index (κ1) is 20.9. The van der Waals surface area contributed by atoms with Crippen molar-refractivity contribution in [3.63, 3.8) is 0 Å². The van der Waals surface area contributed by atoms with Gasteiger partial charge in [0.25, 0.3) is 5.91 Å². The molecule has 1 aromatic heterocycles. The van der Waals surface area contributed by atoms with Crippen molar-refractivity contribution in [1.29, 1.82) is 0 Å². The van der Waals surface area contributed by atoms with Crippen LogP contribution < -0.4 is 10.6 Å². The fourth-order valence-corrected chi connectivity index (χ4v) is 3.05. The lowest BCUT2D eigenvalue weighted by Gasteiger charge is -2.14. The summed E-state index contributed by atoms with van der Waals surface area (Å²) in [5.74, 6) is -0.650. The fourth-order valence-electron chi connectivity index (χ4n) is 2.70. The molecule has 0 saturated carbocycles. The first-order valence-electron chi connectivity index (χ1n) is 8.95. The average Bonchev–Trinajstić information content (AvgIpc) is 3.18. The molecule has 3 aromatic rings. The molecule has 0 aliphatic carbocycles. The van der Waals surface area contributed by atoms with Gasteiger partial charge in [0.05, 0.1) is 0 Å². The van der Waals surface area contributed by atoms with Crippen LogP contribution in [0.2, 0.25) is 10.0 Å². The van der Waals surface area contributed by atoms with E-state index in [2.05, 4.69) is 15.7 Å². The van der Waals surface area contributed by atoms with Gasteiger partial charge in [0.15, 0.2) is 5.69 Å². The lowest BCUT2D eigenvalue weighted by Crippen LogP contribution is -2.25. The van der Waals surface area contributed by atoms with Gasteiger partial charge in [-0.2, -0.15) is 5.10 Å².